The van der Waals surface area contributed by atoms with Gasteiger partial charge in [0, 0.05) is 25.5 Å². The van der Waals surface area contributed by atoms with E-state index in [4.69, 9.17) is 0 Å². The van der Waals surface area contributed by atoms with E-state index in [1.54, 1.807) is 17.1 Å². The summed E-state index contributed by atoms with van der Waals surface area (Å²) in [6.07, 6.45) is 6.94. The number of amides is 1. The summed E-state index contributed by atoms with van der Waals surface area (Å²) in [6.45, 7) is 2.63. The molecule has 96 valence electrons. The zero-order chi connectivity index (χ0) is 13.0. The van der Waals surface area contributed by atoms with Gasteiger partial charge in [-0.15, -0.1) is 0 Å². The lowest BCUT2D eigenvalue weighted by Gasteiger charge is -2.02. The highest BCUT2D eigenvalue weighted by molar-refractivity contribution is 5.91. The summed E-state index contributed by atoms with van der Waals surface area (Å²) in [5, 5.41) is 9.71. The fraction of sp³-hybridized carbons (Fsp3) is 0.417. The molecule has 6 nitrogen and oxygen atoms in total. The number of rotatable bonds is 5. The molecule has 0 aromatic carbocycles. The van der Waals surface area contributed by atoms with Crippen LogP contribution < -0.4 is 5.32 Å². The minimum absolute atomic E-state index is 0.125. The van der Waals surface area contributed by atoms with Crippen LogP contribution in [0.15, 0.2) is 18.7 Å². The summed E-state index contributed by atoms with van der Waals surface area (Å²) in [6, 6.07) is 0. The Labute approximate surface area is 105 Å². The molecule has 0 aliphatic carbocycles. The highest BCUT2D eigenvalue weighted by Gasteiger charge is 2.07. The number of carbonyl (C=O) groups is 1. The van der Waals surface area contributed by atoms with E-state index in [-0.39, 0.29) is 5.91 Å². The topological polar surface area (TPSA) is 75.6 Å². The first kappa shape index (κ1) is 12.3. The number of aryl methyl sites for hydroxylation is 3. The number of nitrogens with zero attached hydrogens (tertiary/aromatic N) is 3. The van der Waals surface area contributed by atoms with Crippen LogP contribution >= 0.6 is 0 Å². The van der Waals surface area contributed by atoms with Crippen LogP contribution in [0.1, 0.15) is 28.2 Å². The number of carbonyl (C=O) groups excluding carboxylic acids is 1. The SMILES string of the molecule is Cc1[nH]ncc1CCCNC(=O)c1cn(C)cn1. The smallest absolute Gasteiger partial charge is 0.271 e. The molecule has 0 spiro atoms. The van der Waals surface area contributed by atoms with Crippen molar-refractivity contribution in [3.05, 3.63) is 35.7 Å². The second-order valence-electron chi connectivity index (χ2n) is 4.30. The molecule has 2 aromatic heterocycles. The van der Waals surface area contributed by atoms with Crippen molar-refractivity contribution in [2.75, 3.05) is 6.54 Å². The first-order valence-corrected chi connectivity index (χ1v) is 5.92. The molecule has 0 saturated carbocycles. The second-order valence-corrected chi connectivity index (χ2v) is 4.30. The molecule has 0 bridgehead atoms. The molecule has 0 atom stereocenters. The molecule has 2 N–H and O–H groups in total. The zero-order valence-electron chi connectivity index (χ0n) is 10.6. The van der Waals surface area contributed by atoms with E-state index in [2.05, 4.69) is 20.5 Å². The quantitative estimate of drug-likeness (QED) is 0.768. The molecule has 0 fully saturated rings. The van der Waals surface area contributed by atoms with E-state index >= 15 is 0 Å². The lowest BCUT2D eigenvalue weighted by molar-refractivity contribution is 0.0948. The Kier molecular flexibility index (Phi) is 3.76. The van der Waals surface area contributed by atoms with Crippen LogP contribution in [-0.4, -0.2) is 32.2 Å². The molecule has 0 aliphatic heterocycles. The normalized spacial score (nSPS) is 10.6. The first-order chi connectivity index (χ1) is 8.66. The van der Waals surface area contributed by atoms with Crippen LogP contribution in [0.25, 0.3) is 0 Å². The van der Waals surface area contributed by atoms with Crippen molar-refractivity contribution in [3.63, 3.8) is 0 Å². The standard InChI is InChI=1S/C12H17N5O/c1-9-10(6-15-16-9)4-3-5-13-12(18)11-7-17(2)8-14-11/h6-8H,3-5H2,1-2H3,(H,13,18)(H,15,16). The van der Waals surface area contributed by atoms with Crippen molar-refractivity contribution in [1.29, 1.82) is 0 Å². The minimum atomic E-state index is -0.125. The van der Waals surface area contributed by atoms with Crippen molar-refractivity contribution < 1.29 is 4.79 Å². The third-order valence-corrected chi connectivity index (χ3v) is 2.78. The van der Waals surface area contributed by atoms with Crippen molar-refractivity contribution in [1.82, 2.24) is 25.1 Å². The average Bonchev–Trinajstić information content (AvgIpc) is 2.94. The first-order valence-electron chi connectivity index (χ1n) is 5.92. The molecular weight excluding hydrogens is 230 g/mol. The number of hydrogen-bond donors (Lipinski definition) is 2. The Morgan fingerprint density at radius 1 is 1.56 bits per heavy atom. The van der Waals surface area contributed by atoms with Crippen LogP contribution in [0.3, 0.4) is 0 Å². The third kappa shape index (κ3) is 2.97. The molecule has 2 rings (SSSR count). The maximum Gasteiger partial charge on any atom is 0.271 e. The van der Waals surface area contributed by atoms with Crippen molar-refractivity contribution in [2.24, 2.45) is 7.05 Å². The third-order valence-electron chi connectivity index (χ3n) is 2.78. The predicted molar refractivity (Wildman–Crippen MR) is 67.2 cm³/mol. The van der Waals surface area contributed by atoms with Gasteiger partial charge in [-0.25, -0.2) is 4.98 Å². The van der Waals surface area contributed by atoms with Gasteiger partial charge in [0.1, 0.15) is 5.69 Å². The molecule has 0 unspecified atom stereocenters. The number of H-pyrrole nitrogens is 1. The molecule has 6 heteroatoms. The fourth-order valence-electron chi connectivity index (χ4n) is 1.73. The zero-order valence-corrected chi connectivity index (χ0v) is 10.6. The number of nitrogens with one attached hydrogen (secondary N) is 2. The van der Waals surface area contributed by atoms with Crippen molar-refractivity contribution in [3.8, 4) is 0 Å². The van der Waals surface area contributed by atoms with Crippen LogP contribution in [0.2, 0.25) is 0 Å². The number of imidazole rings is 1. The molecule has 18 heavy (non-hydrogen) atoms. The van der Waals surface area contributed by atoms with Gasteiger partial charge in [-0.05, 0) is 25.3 Å². The molecule has 0 aliphatic rings. The van der Waals surface area contributed by atoms with E-state index in [1.807, 2.05) is 20.2 Å². The van der Waals surface area contributed by atoms with E-state index in [0.29, 0.717) is 12.2 Å². The van der Waals surface area contributed by atoms with Gasteiger partial charge in [0.2, 0.25) is 0 Å². The van der Waals surface area contributed by atoms with Crippen molar-refractivity contribution in [2.45, 2.75) is 19.8 Å². The number of hydrogen-bond acceptors (Lipinski definition) is 3. The van der Waals surface area contributed by atoms with E-state index in [9.17, 15) is 4.79 Å². The van der Waals surface area contributed by atoms with Crippen LogP contribution in [0.5, 0.6) is 0 Å². The Balaban J connectivity index is 1.73. The summed E-state index contributed by atoms with van der Waals surface area (Å²) < 4.78 is 1.75. The van der Waals surface area contributed by atoms with Gasteiger partial charge >= 0.3 is 0 Å². The Bertz CT molecular complexity index is 528. The number of aromatic nitrogens is 4. The van der Waals surface area contributed by atoms with Gasteiger partial charge < -0.3 is 9.88 Å². The van der Waals surface area contributed by atoms with E-state index in [0.717, 1.165) is 18.5 Å². The Hall–Kier alpha value is -2.11. The molecule has 2 aromatic rings. The van der Waals surface area contributed by atoms with Crippen molar-refractivity contribution >= 4 is 5.91 Å². The average molecular weight is 247 g/mol. The Morgan fingerprint density at radius 2 is 2.39 bits per heavy atom. The second kappa shape index (κ2) is 5.48. The summed E-state index contributed by atoms with van der Waals surface area (Å²) >= 11 is 0. The summed E-state index contributed by atoms with van der Waals surface area (Å²) in [5.74, 6) is -0.125. The van der Waals surface area contributed by atoms with Gasteiger partial charge in [-0.2, -0.15) is 5.10 Å². The van der Waals surface area contributed by atoms with Gasteiger partial charge in [0.25, 0.3) is 5.91 Å². The van der Waals surface area contributed by atoms with Gasteiger partial charge in [-0.1, -0.05) is 0 Å². The lowest BCUT2D eigenvalue weighted by atomic mass is 10.1. The lowest BCUT2D eigenvalue weighted by Crippen LogP contribution is -2.25. The highest BCUT2D eigenvalue weighted by Crippen LogP contribution is 2.05. The van der Waals surface area contributed by atoms with E-state index in [1.165, 1.54) is 5.56 Å². The highest BCUT2D eigenvalue weighted by atomic mass is 16.1. The predicted octanol–water partition coefficient (Wildman–Crippen LogP) is 0.814. The molecule has 0 radical (unpaired) electrons. The van der Waals surface area contributed by atoms with Crippen LogP contribution in [0.4, 0.5) is 0 Å². The van der Waals surface area contributed by atoms with Gasteiger partial charge in [-0.3, -0.25) is 9.89 Å². The fourth-order valence-corrected chi connectivity index (χ4v) is 1.73. The molecular formula is C12H17N5O. The number of aromatic amines is 1. The molecule has 2 heterocycles. The summed E-state index contributed by atoms with van der Waals surface area (Å²) in [4.78, 5) is 15.7. The molecule has 1 amide bonds. The van der Waals surface area contributed by atoms with Gasteiger partial charge in [0.15, 0.2) is 0 Å². The maximum absolute atomic E-state index is 11.7. The summed E-state index contributed by atoms with van der Waals surface area (Å²) in [5.41, 5.74) is 2.74. The monoisotopic (exact) mass is 247 g/mol. The van der Waals surface area contributed by atoms with Gasteiger partial charge in [0.05, 0.1) is 12.5 Å². The largest absolute Gasteiger partial charge is 0.351 e. The Morgan fingerprint density at radius 3 is 3.00 bits per heavy atom. The van der Waals surface area contributed by atoms with E-state index < -0.39 is 0 Å². The summed E-state index contributed by atoms with van der Waals surface area (Å²) in [7, 11) is 1.84. The minimum Gasteiger partial charge on any atom is -0.351 e. The molecule has 0 saturated heterocycles. The van der Waals surface area contributed by atoms with Crippen LogP contribution in [-0.2, 0) is 13.5 Å². The van der Waals surface area contributed by atoms with Crippen LogP contribution in [0, 0.1) is 6.92 Å². The maximum atomic E-state index is 11.7.